The topological polar surface area (TPSA) is 48.1 Å². The van der Waals surface area contributed by atoms with E-state index in [0.717, 1.165) is 23.4 Å². The lowest BCUT2D eigenvalue weighted by molar-refractivity contribution is 0.300. The molecule has 0 spiro atoms. The Labute approximate surface area is 108 Å². The molecule has 3 nitrogen and oxygen atoms in total. The van der Waals surface area contributed by atoms with Gasteiger partial charge in [-0.25, -0.2) is 0 Å². The lowest BCUT2D eigenvalue weighted by Crippen LogP contribution is -2.03. The minimum Gasteiger partial charge on any atom is -0.487 e. The summed E-state index contributed by atoms with van der Waals surface area (Å²) in [5, 5.41) is 0. The first-order valence-electron chi connectivity index (χ1n) is 6.12. The van der Waals surface area contributed by atoms with E-state index < -0.39 is 0 Å². The Hall–Kier alpha value is -1.87. The summed E-state index contributed by atoms with van der Waals surface area (Å²) in [5.41, 5.74) is 8.87. The van der Waals surface area contributed by atoms with Crippen LogP contribution in [-0.4, -0.2) is 11.5 Å². The van der Waals surface area contributed by atoms with Gasteiger partial charge in [0.25, 0.3) is 0 Å². The molecule has 0 radical (unpaired) electrons. The fraction of sp³-hybridized carbons (Fsp3) is 0.267. The quantitative estimate of drug-likeness (QED) is 0.876. The summed E-state index contributed by atoms with van der Waals surface area (Å²) in [6.45, 7) is 3.21. The Morgan fingerprint density at radius 2 is 1.94 bits per heavy atom. The Morgan fingerprint density at radius 1 is 1.17 bits per heavy atom. The third kappa shape index (κ3) is 3.31. The molecule has 0 aliphatic heterocycles. The Balaban J connectivity index is 1.96. The molecule has 0 bridgehead atoms. The maximum absolute atomic E-state index is 5.71. The van der Waals surface area contributed by atoms with Gasteiger partial charge in [0.2, 0.25) is 0 Å². The second-order valence-corrected chi connectivity index (χ2v) is 4.24. The first-order chi connectivity index (χ1) is 8.79. The van der Waals surface area contributed by atoms with Gasteiger partial charge in [-0.05, 0) is 49.2 Å². The van der Waals surface area contributed by atoms with Crippen molar-refractivity contribution in [3.05, 3.63) is 59.4 Å². The monoisotopic (exact) mass is 242 g/mol. The molecule has 0 unspecified atom stereocenters. The van der Waals surface area contributed by atoms with Gasteiger partial charge in [0, 0.05) is 6.20 Å². The number of hydrogen-bond acceptors (Lipinski definition) is 3. The second-order valence-electron chi connectivity index (χ2n) is 4.24. The molecule has 18 heavy (non-hydrogen) atoms. The van der Waals surface area contributed by atoms with Crippen LogP contribution < -0.4 is 10.5 Å². The van der Waals surface area contributed by atoms with Crippen LogP contribution in [0.25, 0.3) is 0 Å². The van der Waals surface area contributed by atoms with Crippen LogP contribution in [0.5, 0.6) is 5.75 Å². The van der Waals surface area contributed by atoms with Crippen LogP contribution in [0.15, 0.2) is 42.6 Å². The van der Waals surface area contributed by atoms with Crippen molar-refractivity contribution in [2.45, 2.75) is 20.0 Å². The third-order valence-corrected chi connectivity index (χ3v) is 2.85. The lowest BCUT2D eigenvalue weighted by atomic mass is 10.1. The van der Waals surface area contributed by atoms with E-state index in [0.29, 0.717) is 13.2 Å². The molecule has 2 N–H and O–H groups in total. The van der Waals surface area contributed by atoms with Gasteiger partial charge in [-0.2, -0.15) is 0 Å². The normalized spacial score (nSPS) is 10.3. The van der Waals surface area contributed by atoms with Gasteiger partial charge >= 0.3 is 0 Å². The number of hydrogen-bond donors (Lipinski definition) is 1. The molecule has 0 atom stereocenters. The molecule has 0 aliphatic carbocycles. The van der Waals surface area contributed by atoms with E-state index in [1.807, 2.05) is 43.3 Å². The van der Waals surface area contributed by atoms with Crippen molar-refractivity contribution in [1.82, 2.24) is 4.98 Å². The van der Waals surface area contributed by atoms with Gasteiger partial charge in [0.1, 0.15) is 12.4 Å². The van der Waals surface area contributed by atoms with E-state index in [-0.39, 0.29) is 0 Å². The summed E-state index contributed by atoms with van der Waals surface area (Å²) >= 11 is 0. The van der Waals surface area contributed by atoms with Crippen LogP contribution in [-0.2, 0) is 13.0 Å². The Bertz CT molecular complexity index is 494. The second kappa shape index (κ2) is 6.17. The highest BCUT2D eigenvalue weighted by Gasteiger charge is 2.00. The maximum Gasteiger partial charge on any atom is 0.130 e. The maximum atomic E-state index is 5.71. The van der Waals surface area contributed by atoms with Gasteiger partial charge in [0.15, 0.2) is 0 Å². The molecule has 1 aromatic heterocycles. The SMILES string of the molecule is Cc1cccnc1COc1ccc(CCN)cc1. The fourth-order valence-electron chi connectivity index (χ4n) is 1.74. The number of benzene rings is 1. The predicted octanol–water partition coefficient (Wildman–Crippen LogP) is 2.47. The van der Waals surface area contributed by atoms with E-state index in [1.165, 1.54) is 5.56 Å². The summed E-state index contributed by atoms with van der Waals surface area (Å²) in [7, 11) is 0. The van der Waals surface area contributed by atoms with Gasteiger partial charge in [-0.15, -0.1) is 0 Å². The number of pyridine rings is 1. The Morgan fingerprint density at radius 3 is 2.61 bits per heavy atom. The molecule has 2 rings (SSSR count). The minimum absolute atomic E-state index is 0.503. The van der Waals surface area contributed by atoms with Crippen molar-refractivity contribution in [3.63, 3.8) is 0 Å². The van der Waals surface area contributed by atoms with Gasteiger partial charge in [0.05, 0.1) is 5.69 Å². The highest BCUT2D eigenvalue weighted by Crippen LogP contribution is 2.14. The average molecular weight is 242 g/mol. The first-order valence-corrected chi connectivity index (χ1v) is 6.12. The zero-order chi connectivity index (χ0) is 12.8. The third-order valence-electron chi connectivity index (χ3n) is 2.85. The van der Waals surface area contributed by atoms with Crippen molar-refractivity contribution in [2.24, 2.45) is 5.73 Å². The molecule has 1 heterocycles. The summed E-state index contributed by atoms with van der Waals surface area (Å²) < 4.78 is 5.71. The van der Waals surface area contributed by atoms with Crippen LogP contribution in [0, 0.1) is 6.92 Å². The van der Waals surface area contributed by atoms with Crippen LogP contribution in [0.1, 0.15) is 16.8 Å². The number of nitrogens with zero attached hydrogens (tertiary/aromatic N) is 1. The van der Waals surface area contributed by atoms with E-state index >= 15 is 0 Å². The van der Waals surface area contributed by atoms with Crippen molar-refractivity contribution in [1.29, 1.82) is 0 Å². The highest BCUT2D eigenvalue weighted by molar-refractivity contribution is 5.28. The molecule has 94 valence electrons. The minimum atomic E-state index is 0.503. The van der Waals surface area contributed by atoms with Gasteiger partial charge in [-0.3, -0.25) is 4.98 Å². The summed E-state index contributed by atoms with van der Waals surface area (Å²) in [5.74, 6) is 0.862. The van der Waals surface area contributed by atoms with Gasteiger partial charge < -0.3 is 10.5 Å². The zero-order valence-corrected chi connectivity index (χ0v) is 10.6. The number of nitrogens with two attached hydrogens (primary N) is 1. The summed E-state index contributed by atoms with van der Waals surface area (Å²) in [6, 6.07) is 12.0. The summed E-state index contributed by atoms with van der Waals surface area (Å²) in [6.07, 6.45) is 2.69. The molecule has 0 aliphatic rings. The molecule has 2 aromatic rings. The van der Waals surface area contributed by atoms with Crippen LogP contribution in [0.4, 0.5) is 0 Å². The van der Waals surface area contributed by atoms with Crippen molar-refractivity contribution in [3.8, 4) is 5.75 Å². The molecule has 0 saturated carbocycles. The first kappa shape index (κ1) is 12.6. The van der Waals surface area contributed by atoms with Crippen molar-refractivity contribution in [2.75, 3.05) is 6.54 Å². The smallest absolute Gasteiger partial charge is 0.130 e. The molecular weight excluding hydrogens is 224 g/mol. The van der Waals surface area contributed by atoms with Gasteiger partial charge in [-0.1, -0.05) is 18.2 Å². The van der Waals surface area contributed by atoms with Crippen LogP contribution >= 0.6 is 0 Å². The lowest BCUT2D eigenvalue weighted by Gasteiger charge is -2.08. The molecule has 0 fully saturated rings. The van der Waals surface area contributed by atoms with E-state index in [4.69, 9.17) is 10.5 Å². The van der Waals surface area contributed by atoms with Crippen molar-refractivity contribution < 1.29 is 4.74 Å². The highest BCUT2D eigenvalue weighted by atomic mass is 16.5. The van der Waals surface area contributed by atoms with E-state index in [2.05, 4.69) is 4.98 Å². The largest absolute Gasteiger partial charge is 0.487 e. The fourth-order valence-corrected chi connectivity index (χ4v) is 1.74. The molecule has 3 heteroatoms. The number of ether oxygens (including phenoxy) is 1. The van der Waals surface area contributed by atoms with E-state index in [9.17, 15) is 0 Å². The standard InChI is InChI=1S/C15H18N2O/c1-12-3-2-10-17-15(12)11-18-14-6-4-13(5-7-14)8-9-16/h2-7,10H,8-9,11,16H2,1H3. The number of rotatable bonds is 5. The molecule has 1 aromatic carbocycles. The Kier molecular flexibility index (Phi) is 4.31. The van der Waals surface area contributed by atoms with Crippen molar-refractivity contribution >= 4 is 0 Å². The number of aromatic nitrogens is 1. The molecule has 0 saturated heterocycles. The average Bonchev–Trinajstić information content (AvgIpc) is 2.40. The number of aryl methyl sites for hydroxylation is 1. The molecular formula is C15H18N2O. The summed E-state index contributed by atoms with van der Waals surface area (Å²) in [4.78, 5) is 4.30. The zero-order valence-electron chi connectivity index (χ0n) is 10.6. The predicted molar refractivity (Wildman–Crippen MR) is 72.5 cm³/mol. The van der Waals surface area contributed by atoms with Crippen LogP contribution in [0.2, 0.25) is 0 Å². The molecule has 0 amide bonds. The van der Waals surface area contributed by atoms with E-state index in [1.54, 1.807) is 6.20 Å². The van der Waals surface area contributed by atoms with Crippen LogP contribution in [0.3, 0.4) is 0 Å².